The van der Waals surface area contributed by atoms with E-state index in [0.717, 1.165) is 0 Å². The van der Waals surface area contributed by atoms with Crippen LogP contribution < -0.4 is 5.32 Å². The first-order chi connectivity index (χ1) is 3.41. The Hall–Kier alpha value is -0.790. The molecule has 0 unspecified atom stereocenters. The summed E-state index contributed by atoms with van der Waals surface area (Å²) in [4.78, 5) is 3.72. The fraction of sp³-hybridized carbons (Fsp3) is 0.400. The summed E-state index contributed by atoms with van der Waals surface area (Å²) in [7, 11) is 3.58. The third-order valence-corrected chi connectivity index (χ3v) is 0.498. The molecule has 2 heteroatoms. The predicted octanol–water partition coefficient (Wildman–Crippen LogP) is 0.420. The predicted molar refractivity (Wildman–Crippen MR) is 32.6 cm³/mol. The first kappa shape index (κ1) is 6.21. The fourth-order valence-electron chi connectivity index (χ4n) is 0.225. The quantitative estimate of drug-likeness (QED) is 0.497. The van der Waals surface area contributed by atoms with E-state index in [-0.39, 0.29) is 0 Å². The number of aliphatic imine (C=N–C) groups is 1. The molecule has 0 fully saturated rings. The zero-order chi connectivity index (χ0) is 5.54. The van der Waals surface area contributed by atoms with Crippen LogP contribution in [0.3, 0.4) is 0 Å². The van der Waals surface area contributed by atoms with Crippen LogP contribution in [0.15, 0.2) is 17.3 Å². The molecule has 0 saturated carbocycles. The van der Waals surface area contributed by atoms with Gasteiger partial charge >= 0.3 is 0 Å². The van der Waals surface area contributed by atoms with Gasteiger partial charge in [-0.3, -0.25) is 4.99 Å². The van der Waals surface area contributed by atoms with E-state index in [1.165, 1.54) is 0 Å². The van der Waals surface area contributed by atoms with Crippen molar-refractivity contribution in [3.05, 3.63) is 12.3 Å². The normalized spacial score (nSPS) is 11.1. The number of nitrogens with zero attached hydrogens (tertiary/aromatic N) is 1. The van der Waals surface area contributed by atoms with Gasteiger partial charge in [0.15, 0.2) is 0 Å². The molecule has 0 rings (SSSR count). The first-order valence-electron chi connectivity index (χ1n) is 2.16. The SMILES string of the molecule is CN=C/C=C/NC. The van der Waals surface area contributed by atoms with Crippen molar-refractivity contribution in [3.63, 3.8) is 0 Å². The smallest absolute Gasteiger partial charge is 0.0277 e. The van der Waals surface area contributed by atoms with Crippen LogP contribution in [0.25, 0.3) is 0 Å². The highest BCUT2D eigenvalue weighted by Crippen LogP contribution is 1.57. The van der Waals surface area contributed by atoms with Crippen LogP contribution in [-0.4, -0.2) is 20.3 Å². The highest BCUT2D eigenvalue weighted by atomic mass is 14.8. The van der Waals surface area contributed by atoms with E-state index in [4.69, 9.17) is 0 Å². The van der Waals surface area contributed by atoms with Gasteiger partial charge in [0.25, 0.3) is 0 Å². The largest absolute Gasteiger partial charge is 0.394 e. The molecule has 7 heavy (non-hydrogen) atoms. The Morgan fingerprint density at radius 1 is 1.57 bits per heavy atom. The minimum Gasteiger partial charge on any atom is -0.394 e. The lowest BCUT2D eigenvalue weighted by Crippen LogP contribution is -1.90. The van der Waals surface area contributed by atoms with Crippen molar-refractivity contribution >= 4 is 6.21 Å². The summed E-state index contributed by atoms with van der Waals surface area (Å²) in [6, 6.07) is 0. The highest BCUT2D eigenvalue weighted by molar-refractivity contribution is 5.70. The molecular formula is C5H10N2. The number of hydrogen-bond acceptors (Lipinski definition) is 2. The molecule has 2 nitrogen and oxygen atoms in total. The summed E-state index contributed by atoms with van der Waals surface area (Å²) >= 11 is 0. The van der Waals surface area contributed by atoms with Gasteiger partial charge in [0.1, 0.15) is 0 Å². The van der Waals surface area contributed by atoms with E-state index in [2.05, 4.69) is 10.3 Å². The Bertz CT molecular complexity index is 74.1. The Morgan fingerprint density at radius 3 is 2.71 bits per heavy atom. The van der Waals surface area contributed by atoms with Crippen LogP contribution in [-0.2, 0) is 0 Å². The van der Waals surface area contributed by atoms with Gasteiger partial charge in [-0.15, -0.1) is 0 Å². The first-order valence-corrected chi connectivity index (χ1v) is 2.16. The van der Waals surface area contributed by atoms with Gasteiger partial charge in [-0.05, 0) is 12.3 Å². The van der Waals surface area contributed by atoms with Crippen molar-refractivity contribution in [2.75, 3.05) is 14.1 Å². The van der Waals surface area contributed by atoms with E-state index < -0.39 is 0 Å². The lowest BCUT2D eigenvalue weighted by atomic mass is 10.6. The van der Waals surface area contributed by atoms with Crippen molar-refractivity contribution in [1.29, 1.82) is 0 Å². The topological polar surface area (TPSA) is 24.4 Å². The second-order valence-corrected chi connectivity index (χ2v) is 1.06. The molecule has 0 bridgehead atoms. The molecule has 1 N–H and O–H groups in total. The van der Waals surface area contributed by atoms with E-state index >= 15 is 0 Å². The van der Waals surface area contributed by atoms with Gasteiger partial charge in [0.2, 0.25) is 0 Å². The average Bonchev–Trinajstić information content (AvgIpc) is 1.69. The molecule has 0 saturated heterocycles. The second kappa shape index (κ2) is 5.21. The zero-order valence-corrected chi connectivity index (χ0v) is 4.68. The van der Waals surface area contributed by atoms with Gasteiger partial charge in [-0.25, -0.2) is 0 Å². The van der Waals surface area contributed by atoms with Crippen molar-refractivity contribution in [2.45, 2.75) is 0 Å². The van der Waals surface area contributed by atoms with E-state index in [9.17, 15) is 0 Å². The van der Waals surface area contributed by atoms with Gasteiger partial charge in [0.05, 0.1) is 0 Å². The summed E-state index contributed by atoms with van der Waals surface area (Å²) in [6.45, 7) is 0. The summed E-state index contributed by atoms with van der Waals surface area (Å²) in [6.07, 6.45) is 5.36. The molecule has 0 aliphatic rings. The Balaban J connectivity index is 3.09. The second-order valence-electron chi connectivity index (χ2n) is 1.06. The molecule has 0 aromatic heterocycles. The number of hydrogen-bond donors (Lipinski definition) is 1. The van der Waals surface area contributed by atoms with Crippen LogP contribution in [0.5, 0.6) is 0 Å². The summed E-state index contributed by atoms with van der Waals surface area (Å²) in [5.74, 6) is 0. The fourth-order valence-corrected chi connectivity index (χ4v) is 0.225. The number of nitrogens with one attached hydrogen (secondary N) is 1. The molecule has 0 aliphatic carbocycles. The lowest BCUT2D eigenvalue weighted by molar-refractivity contribution is 1.11. The van der Waals surface area contributed by atoms with Crippen molar-refractivity contribution < 1.29 is 0 Å². The van der Waals surface area contributed by atoms with Gasteiger partial charge in [-0.2, -0.15) is 0 Å². The Kier molecular flexibility index (Phi) is 4.62. The van der Waals surface area contributed by atoms with Crippen LogP contribution in [0.2, 0.25) is 0 Å². The molecule has 0 amide bonds. The monoisotopic (exact) mass is 98.1 g/mol. The molecule has 0 aromatic carbocycles. The number of allylic oxidation sites excluding steroid dienone is 1. The van der Waals surface area contributed by atoms with Crippen molar-refractivity contribution in [1.82, 2.24) is 5.32 Å². The Morgan fingerprint density at radius 2 is 2.29 bits per heavy atom. The Labute approximate surface area is 44.0 Å². The maximum atomic E-state index is 3.72. The minimum absolute atomic E-state index is 1.72. The molecule has 0 atom stereocenters. The molecule has 0 aromatic rings. The zero-order valence-electron chi connectivity index (χ0n) is 4.68. The van der Waals surface area contributed by atoms with Gasteiger partial charge in [0, 0.05) is 20.3 Å². The van der Waals surface area contributed by atoms with E-state index in [1.54, 1.807) is 13.3 Å². The maximum Gasteiger partial charge on any atom is 0.0277 e. The number of rotatable bonds is 2. The summed E-state index contributed by atoms with van der Waals surface area (Å²) < 4.78 is 0. The van der Waals surface area contributed by atoms with E-state index in [1.807, 2.05) is 19.3 Å². The van der Waals surface area contributed by atoms with Crippen molar-refractivity contribution in [3.8, 4) is 0 Å². The summed E-state index contributed by atoms with van der Waals surface area (Å²) in [5.41, 5.74) is 0. The molecule has 0 spiro atoms. The van der Waals surface area contributed by atoms with Gasteiger partial charge in [-0.1, -0.05) is 0 Å². The van der Waals surface area contributed by atoms with Crippen LogP contribution in [0.4, 0.5) is 0 Å². The minimum atomic E-state index is 1.72. The molecule has 0 radical (unpaired) electrons. The molecule has 0 heterocycles. The third-order valence-electron chi connectivity index (χ3n) is 0.498. The van der Waals surface area contributed by atoms with Crippen LogP contribution in [0, 0.1) is 0 Å². The van der Waals surface area contributed by atoms with Crippen molar-refractivity contribution in [2.24, 2.45) is 4.99 Å². The highest BCUT2D eigenvalue weighted by Gasteiger charge is 1.54. The molecule has 40 valence electrons. The third kappa shape index (κ3) is 5.21. The average molecular weight is 98.1 g/mol. The van der Waals surface area contributed by atoms with Gasteiger partial charge < -0.3 is 5.32 Å². The molecule has 0 aliphatic heterocycles. The maximum absolute atomic E-state index is 3.72. The van der Waals surface area contributed by atoms with Crippen LogP contribution >= 0.6 is 0 Å². The summed E-state index contributed by atoms with van der Waals surface area (Å²) in [5, 5.41) is 2.83. The van der Waals surface area contributed by atoms with Crippen LogP contribution in [0.1, 0.15) is 0 Å². The molecular weight excluding hydrogens is 88.1 g/mol. The lowest BCUT2D eigenvalue weighted by Gasteiger charge is -1.77. The van der Waals surface area contributed by atoms with E-state index in [0.29, 0.717) is 0 Å². The standard InChI is InChI=1S/C5H10N2/c1-6-4-3-5-7-2/h3-6H,1-2H3/b4-3+,7-5?.